The lowest BCUT2D eigenvalue weighted by Gasteiger charge is -2.16. The van der Waals surface area contributed by atoms with E-state index in [4.69, 9.17) is 0 Å². The van der Waals surface area contributed by atoms with Crippen LogP contribution in [0.5, 0.6) is 0 Å². The summed E-state index contributed by atoms with van der Waals surface area (Å²) in [6.45, 7) is 0.0396. The monoisotopic (exact) mass is 392 g/mol. The first-order valence-electron chi connectivity index (χ1n) is 9.52. The molecule has 29 heavy (non-hydrogen) atoms. The molecule has 1 unspecified atom stereocenters. The molecule has 4 rings (SSSR count). The third-order valence-corrected chi connectivity index (χ3v) is 5.28. The Kier molecular flexibility index (Phi) is 4.88. The van der Waals surface area contributed by atoms with Gasteiger partial charge >= 0.3 is 5.97 Å². The van der Waals surface area contributed by atoms with E-state index >= 15 is 0 Å². The van der Waals surface area contributed by atoms with Gasteiger partial charge in [0.1, 0.15) is 6.04 Å². The van der Waals surface area contributed by atoms with E-state index in [2.05, 4.69) is 5.32 Å². The zero-order valence-corrected chi connectivity index (χ0v) is 15.6. The minimum atomic E-state index is -1.05. The number of carboxylic acid groups (broad SMARTS) is 1. The van der Waals surface area contributed by atoms with Crippen molar-refractivity contribution >= 4 is 23.7 Å². The summed E-state index contributed by atoms with van der Waals surface area (Å²) >= 11 is 0. The number of benzene rings is 2. The van der Waals surface area contributed by atoms with E-state index in [0.29, 0.717) is 34.6 Å². The first-order valence-corrected chi connectivity index (χ1v) is 9.52. The Bertz CT molecular complexity index is 977. The molecule has 0 aromatic heterocycles. The van der Waals surface area contributed by atoms with Crippen LogP contribution in [0.2, 0.25) is 0 Å². The van der Waals surface area contributed by atoms with Crippen LogP contribution in [0.15, 0.2) is 48.5 Å². The molecule has 7 heteroatoms. The molecule has 2 N–H and O–H groups in total. The minimum absolute atomic E-state index is 0.0396. The number of amides is 3. The van der Waals surface area contributed by atoms with Gasteiger partial charge in [-0.2, -0.15) is 0 Å². The van der Waals surface area contributed by atoms with Crippen LogP contribution >= 0.6 is 0 Å². The molecule has 1 aliphatic heterocycles. The van der Waals surface area contributed by atoms with Crippen LogP contribution in [0, 0.1) is 5.92 Å². The molecule has 2 aliphatic rings. The van der Waals surface area contributed by atoms with E-state index < -0.39 is 17.9 Å². The summed E-state index contributed by atoms with van der Waals surface area (Å²) in [6, 6.07) is 12.3. The lowest BCUT2D eigenvalue weighted by molar-refractivity contribution is -0.139. The van der Waals surface area contributed by atoms with Gasteiger partial charge in [-0.3, -0.25) is 19.3 Å². The molecular formula is C22H20N2O5. The van der Waals surface area contributed by atoms with Crippen molar-refractivity contribution in [3.8, 4) is 0 Å². The van der Waals surface area contributed by atoms with E-state index in [1.807, 2.05) is 0 Å². The normalized spacial score (nSPS) is 16.5. The van der Waals surface area contributed by atoms with E-state index in [1.54, 1.807) is 48.5 Å². The van der Waals surface area contributed by atoms with Crippen LogP contribution in [0.25, 0.3) is 0 Å². The van der Waals surface area contributed by atoms with Crippen molar-refractivity contribution in [2.24, 2.45) is 5.92 Å². The lowest BCUT2D eigenvalue weighted by atomic mass is 10.1. The van der Waals surface area contributed by atoms with Gasteiger partial charge in [0.25, 0.3) is 17.7 Å². The highest BCUT2D eigenvalue weighted by atomic mass is 16.4. The molecule has 2 aromatic carbocycles. The van der Waals surface area contributed by atoms with Crippen LogP contribution in [0.3, 0.4) is 0 Å². The fourth-order valence-corrected chi connectivity index (χ4v) is 3.53. The Hall–Kier alpha value is -3.48. The highest BCUT2D eigenvalue weighted by molar-refractivity contribution is 6.21. The van der Waals surface area contributed by atoms with Crippen LogP contribution in [-0.4, -0.2) is 39.7 Å². The number of imide groups is 1. The molecular weight excluding hydrogens is 372 g/mol. The molecule has 1 fully saturated rings. The van der Waals surface area contributed by atoms with Crippen molar-refractivity contribution in [1.82, 2.24) is 10.2 Å². The topological polar surface area (TPSA) is 104 Å². The maximum atomic E-state index is 12.5. The molecule has 0 saturated heterocycles. The van der Waals surface area contributed by atoms with Crippen molar-refractivity contribution in [3.05, 3.63) is 70.8 Å². The Labute approximate surface area is 167 Å². The summed E-state index contributed by atoms with van der Waals surface area (Å²) in [5.74, 6) is -1.90. The molecule has 1 atom stereocenters. The summed E-state index contributed by atoms with van der Waals surface area (Å²) in [5, 5.41) is 11.9. The number of nitrogens with one attached hydrogen (secondary N) is 1. The van der Waals surface area contributed by atoms with Gasteiger partial charge < -0.3 is 10.4 Å². The number of carbonyl (C=O) groups is 4. The second-order valence-electron chi connectivity index (χ2n) is 7.49. The van der Waals surface area contributed by atoms with Crippen molar-refractivity contribution in [3.63, 3.8) is 0 Å². The highest BCUT2D eigenvalue weighted by Crippen LogP contribution is 2.33. The Morgan fingerprint density at radius 3 is 2.28 bits per heavy atom. The number of hydrogen-bond acceptors (Lipinski definition) is 4. The summed E-state index contributed by atoms with van der Waals surface area (Å²) in [7, 11) is 0. The Balaban J connectivity index is 1.47. The predicted octanol–water partition coefficient (Wildman–Crippen LogP) is 2.47. The van der Waals surface area contributed by atoms with Crippen LogP contribution in [0.4, 0.5) is 0 Å². The van der Waals surface area contributed by atoms with Gasteiger partial charge in [-0.15, -0.1) is 0 Å². The number of hydrogen-bond donors (Lipinski definition) is 2. The number of aliphatic carboxylic acids is 1. The van der Waals surface area contributed by atoms with Crippen molar-refractivity contribution in [2.75, 3.05) is 0 Å². The number of rotatable bonds is 7. The zero-order chi connectivity index (χ0) is 20.5. The smallest absolute Gasteiger partial charge is 0.326 e. The molecule has 0 radical (unpaired) electrons. The standard InChI is InChI=1S/C22H20N2O5/c25-19(23-18(22(28)29)11-13-8-9-13)15-5-3-4-14(10-15)12-24-20(26)16-6-1-2-7-17(16)21(24)27/h1-7,10,13,18H,8-9,11-12H2,(H,23,25)(H,28,29). The molecule has 2 aromatic rings. The lowest BCUT2D eigenvalue weighted by Crippen LogP contribution is -2.41. The van der Waals surface area contributed by atoms with Crippen LogP contribution in [-0.2, 0) is 11.3 Å². The molecule has 1 aliphatic carbocycles. The van der Waals surface area contributed by atoms with Crippen LogP contribution in [0.1, 0.15) is 55.9 Å². The zero-order valence-electron chi connectivity index (χ0n) is 15.6. The molecule has 0 spiro atoms. The first-order chi connectivity index (χ1) is 13.9. The van der Waals surface area contributed by atoms with E-state index in [-0.39, 0.29) is 18.4 Å². The third kappa shape index (κ3) is 3.89. The van der Waals surface area contributed by atoms with Crippen LogP contribution < -0.4 is 5.32 Å². The Morgan fingerprint density at radius 2 is 1.69 bits per heavy atom. The molecule has 0 bridgehead atoms. The summed E-state index contributed by atoms with van der Waals surface area (Å²) in [6.07, 6.45) is 2.42. The van der Waals surface area contributed by atoms with Gasteiger partial charge in [0.05, 0.1) is 17.7 Å². The maximum Gasteiger partial charge on any atom is 0.326 e. The molecule has 1 saturated carbocycles. The number of nitrogens with zero attached hydrogens (tertiary/aromatic N) is 1. The fraction of sp³-hybridized carbons (Fsp3) is 0.273. The number of carbonyl (C=O) groups excluding carboxylic acids is 3. The second kappa shape index (κ2) is 7.50. The summed E-state index contributed by atoms with van der Waals surface area (Å²) in [5.41, 5.74) is 1.65. The van der Waals surface area contributed by atoms with Gasteiger partial charge in [0, 0.05) is 5.56 Å². The summed E-state index contributed by atoms with van der Waals surface area (Å²) in [4.78, 5) is 50.1. The highest BCUT2D eigenvalue weighted by Gasteiger charge is 2.35. The summed E-state index contributed by atoms with van der Waals surface area (Å²) < 4.78 is 0. The van der Waals surface area contributed by atoms with Crippen molar-refractivity contribution < 1.29 is 24.3 Å². The van der Waals surface area contributed by atoms with Crippen molar-refractivity contribution in [2.45, 2.75) is 31.8 Å². The van der Waals surface area contributed by atoms with Gasteiger partial charge in [0.15, 0.2) is 0 Å². The third-order valence-electron chi connectivity index (χ3n) is 5.28. The van der Waals surface area contributed by atoms with Gasteiger partial charge in [-0.1, -0.05) is 37.1 Å². The van der Waals surface area contributed by atoms with Gasteiger partial charge in [-0.25, -0.2) is 4.79 Å². The predicted molar refractivity (Wildman–Crippen MR) is 103 cm³/mol. The number of fused-ring (bicyclic) bond motifs is 1. The Morgan fingerprint density at radius 1 is 1.03 bits per heavy atom. The average molecular weight is 392 g/mol. The minimum Gasteiger partial charge on any atom is -0.480 e. The quantitative estimate of drug-likeness (QED) is 0.705. The van der Waals surface area contributed by atoms with Gasteiger partial charge in [0.2, 0.25) is 0 Å². The molecule has 7 nitrogen and oxygen atoms in total. The fourth-order valence-electron chi connectivity index (χ4n) is 3.53. The van der Waals surface area contributed by atoms with E-state index in [0.717, 1.165) is 17.7 Å². The molecule has 3 amide bonds. The first kappa shape index (κ1) is 18.9. The molecule has 148 valence electrons. The average Bonchev–Trinajstić information content (AvgIpc) is 3.51. The number of carboxylic acids is 1. The van der Waals surface area contributed by atoms with E-state index in [1.165, 1.54) is 0 Å². The largest absolute Gasteiger partial charge is 0.480 e. The van der Waals surface area contributed by atoms with Crippen molar-refractivity contribution in [1.29, 1.82) is 0 Å². The van der Waals surface area contributed by atoms with Gasteiger partial charge in [-0.05, 0) is 42.2 Å². The van der Waals surface area contributed by atoms with E-state index in [9.17, 15) is 24.3 Å². The maximum absolute atomic E-state index is 12.5. The SMILES string of the molecule is O=C(NC(CC1CC1)C(=O)O)c1cccc(CN2C(=O)c3ccccc3C2=O)c1. The molecule has 1 heterocycles. The second-order valence-corrected chi connectivity index (χ2v) is 7.49.